The highest BCUT2D eigenvalue weighted by atomic mass is 35.5. The number of carbonyl (C=O) groups is 2. The number of morpholine rings is 1. The van der Waals surface area contributed by atoms with Crippen LogP contribution in [-0.4, -0.2) is 89.6 Å². The van der Waals surface area contributed by atoms with Crippen LogP contribution in [0.1, 0.15) is 50.8 Å². The van der Waals surface area contributed by atoms with Gasteiger partial charge in [0, 0.05) is 43.9 Å². The van der Waals surface area contributed by atoms with Gasteiger partial charge < -0.3 is 29.3 Å². The summed E-state index contributed by atoms with van der Waals surface area (Å²) in [7, 11) is 1.70. The van der Waals surface area contributed by atoms with E-state index in [1.165, 1.54) is 4.90 Å². The van der Waals surface area contributed by atoms with Crippen molar-refractivity contribution in [1.82, 2.24) is 14.7 Å². The number of carboxylic acid groups (broad SMARTS) is 1. The van der Waals surface area contributed by atoms with Gasteiger partial charge in [0.15, 0.2) is 0 Å². The average molecular weight is 508 g/mol. The monoisotopic (exact) mass is 507 g/mol. The molecular formula is C26H38ClN3O5. The number of hydrogen-bond acceptors (Lipinski definition) is 4. The molecule has 4 rings (SSSR count). The molecule has 2 fully saturated rings. The molecule has 2 atom stereocenters. The summed E-state index contributed by atoms with van der Waals surface area (Å²) in [5, 5.41) is 10.4. The summed E-state index contributed by atoms with van der Waals surface area (Å²) in [4.78, 5) is 30.8. The van der Waals surface area contributed by atoms with Crippen LogP contribution in [0.3, 0.4) is 0 Å². The van der Waals surface area contributed by atoms with Gasteiger partial charge in [-0.3, -0.25) is 0 Å². The van der Waals surface area contributed by atoms with Crippen molar-refractivity contribution in [3.8, 4) is 0 Å². The molecule has 0 radical (unpaired) electrons. The number of benzene rings is 1. The molecule has 0 spiro atoms. The lowest BCUT2D eigenvalue weighted by molar-refractivity contribution is -0.0420. The molecule has 0 saturated carbocycles. The average Bonchev–Trinajstić information content (AvgIpc) is 3.12. The summed E-state index contributed by atoms with van der Waals surface area (Å²) in [5.74, 6) is 0. The lowest BCUT2D eigenvalue weighted by Crippen LogP contribution is -2.55. The topological polar surface area (TPSA) is 82.6 Å². The summed E-state index contributed by atoms with van der Waals surface area (Å²) in [6.45, 7) is 11.3. The number of urea groups is 1. The van der Waals surface area contributed by atoms with Gasteiger partial charge in [0.25, 0.3) is 0 Å². The lowest BCUT2D eigenvalue weighted by Gasteiger charge is -2.44. The highest BCUT2D eigenvalue weighted by Crippen LogP contribution is 2.37. The van der Waals surface area contributed by atoms with Crippen LogP contribution in [0, 0.1) is 5.41 Å². The van der Waals surface area contributed by atoms with Gasteiger partial charge >= 0.3 is 12.1 Å². The van der Waals surface area contributed by atoms with E-state index in [1.54, 1.807) is 7.11 Å². The molecule has 3 heterocycles. The fraction of sp³-hybridized carbons (Fsp3) is 0.692. The van der Waals surface area contributed by atoms with Gasteiger partial charge in [-0.25, -0.2) is 9.59 Å². The van der Waals surface area contributed by atoms with E-state index in [2.05, 4.69) is 27.7 Å². The number of halogens is 1. The summed E-state index contributed by atoms with van der Waals surface area (Å²) < 4.78 is 11.2. The van der Waals surface area contributed by atoms with E-state index in [0.29, 0.717) is 50.8 Å². The second kappa shape index (κ2) is 9.79. The minimum Gasteiger partial charge on any atom is -0.465 e. The predicted molar refractivity (Wildman–Crippen MR) is 134 cm³/mol. The van der Waals surface area contributed by atoms with E-state index in [0.717, 1.165) is 29.5 Å². The number of amides is 3. The number of nitrogens with zero attached hydrogens (tertiary/aromatic N) is 3. The molecule has 35 heavy (non-hydrogen) atoms. The molecule has 3 aliphatic heterocycles. The van der Waals surface area contributed by atoms with Gasteiger partial charge in [0.1, 0.15) is 0 Å². The van der Waals surface area contributed by atoms with Crippen molar-refractivity contribution in [2.75, 3.05) is 40.0 Å². The number of hydrogen-bond donors (Lipinski definition) is 1. The fourth-order valence-corrected chi connectivity index (χ4v) is 6.23. The Morgan fingerprint density at radius 1 is 1.29 bits per heavy atom. The highest BCUT2D eigenvalue weighted by Gasteiger charge is 2.44. The zero-order valence-corrected chi connectivity index (χ0v) is 22.2. The third-order valence-electron chi connectivity index (χ3n) is 8.00. The summed E-state index contributed by atoms with van der Waals surface area (Å²) in [6.07, 6.45) is 1.33. The molecular weight excluding hydrogens is 470 g/mol. The number of rotatable bonds is 4. The Hall–Kier alpha value is -2.03. The van der Waals surface area contributed by atoms with E-state index >= 15 is 0 Å². The Labute approximate surface area is 213 Å². The van der Waals surface area contributed by atoms with E-state index in [-0.39, 0.29) is 29.1 Å². The van der Waals surface area contributed by atoms with Gasteiger partial charge in [0.2, 0.25) is 0 Å². The third kappa shape index (κ3) is 5.25. The molecule has 8 nitrogen and oxygen atoms in total. The molecule has 2 saturated heterocycles. The molecule has 0 aromatic heterocycles. The largest absolute Gasteiger partial charge is 0.465 e. The maximum atomic E-state index is 13.6. The maximum Gasteiger partial charge on any atom is 0.407 e. The second-order valence-corrected chi connectivity index (χ2v) is 11.8. The number of methoxy groups -OCH3 is 1. The van der Waals surface area contributed by atoms with Gasteiger partial charge in [-0.1, -0.05) is 25.4 Å². The first-order valence-corrected chi connectivity index (χ1v) is 12.8. The van der Waals surface area contributed by atoms with Crippen LogP contribution < -0.4 is 0 Å². The van der Waals surface area contributed by atoms with Crippen molar-refractivity contribution in [3.05, 3.63) is 33.8 Å². The van der Waals surface area contributed by atoms with Crippen molar-refractivity contribution in [2.24, 2.45) is 5.41 Å². The summed E-state index contributed by atoms with van der Waals surface area (Å²) in [5.41, 5.74) is 2.72. The van der Waals surface area contributed by atoms with Gasteiger partial charge in [-0.15, -0.1) is 0 Å². The first-order chi connectivity index (χ1) is 16.4. The fourth-order valence-electron chi connectivity index (χ4n) is 5.96. The van der Waals surface area contributed by atoms with Gasteiger partial charge in [-0.2, -0.15) is 0 Å². The Morgan fingerprint density at radius 3 is 2.69 bits per heavy atom. The van der Waals surface area contributed by atoms with Crippen molar-refractivity contribution in [3.63, 3.8) is 0 Å². The smallest absolute Gasteiger partial charge is 0.407 e. The van der Waals surface area contributed by atoms with Crippen LogP contribution >= 0.6 is 11.6 Å². The van der Waals surface area contributed by atoms with Crippen molar-refractivity contribution in [1.29, 1.82) is 0 Å². The van der Waals surface area contributed by atoms with E-state index < -0.39 is 6.09 Å². The van der Waals surface area contributed by atoms with Crippen molar-refractivity contribution >= 4 is 23.7 Å². The molecule has 9 heteroatoms. The third-order valence-corrected chi connectivity index (χ3v) is 8.22. The Bertz CT molecular complexity index is 982. The molecule has 1 unspecified atom stereocenters. The molecule has 0 aliphatic carbocycles. The molecule has 1 aromatic carbocycles. The minimum atomic E-state index is -0.918. The first kappa shape index (κ1) is 26.0. The Morgan fingerprint density at radius 2 is 2.03 bits per heavy atom. The van der Waals surface area contributed by atoms with E-state index in [4.69, 9.17) is 21.1 Å². The number of ether oxygens (including phenoxy) is 2. The molecule has 194 valence electrons. The van der Waals surface area contributed by atoms with Crippen LogP contribution in [0.4, 0.5) is 9.59 Å². The van der Waals surface area contributed by atoms with Crippen LogP contribution in [-0.2, 0) is 28.9 Å². The van der Waals surface area contributed by atoms with Crippen LogP contribution in [0.5, 0.6) is 0 Å². The van der Waals surface area contributed by atoms with Crippen LogP contribution in [0.2, 0.25) is 5.02 Å². The summed E-state index contributed by atoms with van der Waals surface area (Å²) >= 11 is 6.52. The zero-order valence-electron chi connectivity index (χ0n) is 21.5. The molecule has 0 bridgehead atoms. The predicted octanol–water partition coefficient (Wildman–Crippen LogP) is 4.26. The Kier molecular flexibility index (Phi) is 7.28. The van der Waals surface area contributed by atoms with Crippen molar-refractivity contribution < 1.29 is 24.2 Å². The molecule has 1 aromatic rings. The van der Waals surface area contributed by atoms with Crippen molar-refractivity contribution in [2.45, 2.75) is 71.2 Å². The van der Waals surface area contributed by atoms with E-state index in [9.17, 15) is 14.7 Å². The Balaban J connectivity index is 1.58. The van der Waals surface area contributed by atoms with E-state index in [1.807, 2.05) is 21.9 Å². The SMILES string of the molecule is COC1CN(C(=O)N2CCc3cc(Cl)cc(CC(C)(C)[C@@H]4COCCN4C(=O)O)c3C2)C(C)(C)C1. The molecule has 3 aliphatic rings. The lowest BCUT2D eigenvalue weighted by atomic mass is 9.76. The normalized spacial score (nSPS) is 24.5. The summed E-state index contributed by atoms with van der Waals surface area (Å²) in [6, 6.07) is 3.76. The van der Waals surface area contributed by atoms with Gasteiger partial charge in [0.05, 0.1) is 25.4 Å². The second-order valence-electron chi connectivity index (χ2n) is 11.4. The number of fused-ring (bicyclic) bond motifs is 1. The quantitative estimate of drug-likeness (QED) is 0.658. The molecule has 3 amide bonds. The minimum absolute atomic E-state index is 0.0399. The standard InChI is InChI=1S/C26H38ClN3O5/c1-25(2,22-16-35-9-8-29(22)24(32)33)12-18-11-19(27)10-17-6-7-28(15-21(17)18)23(31)30-14-20(34-5)13-26(30,3)4/h10-11,20,22H,6-9,12-16H2,1-5H3,(H,32,33)/t20?,22-/m0/s1. The maximum absolute atomic E-state index is 13.6. The molecule has 1 N–H and O–H groups in total. The number of carbonyl (C=O) groups excluding carboxylic acids is 1. The highest BCUT2D eigenvalue weighted by molar-refractivity contribution is 6.30. The number of likely N-dealkylation sites (tertiary alicyclic amines) is 1. The van der Waals surface area contributed by atoms with Crippen LogP contribution in [0.15, 0.2) is 12.1 Å². The van der Waals surface area contributed by atoms with Gasteiger partial charge in [-0.05, 0) is 67.3 Å². The van der Waals surface area contributed by atoms with Crippen LogP contribution in [0.25, 0.3) is 0 Å². The first-order valence-electron chi connectivity index (χ1n) is 12.4. The zero-order chi connectivity index (χ0) is 25.5.